The first-order valence-electron chi connectivity index (χ1n) is 5.26. The summed E-state index contributed by atoms with van der Waals surface area (Å²) in [7, 11) is 0. The highest BCUT2D eigenvalue weighted by Gasteiger charge is 2.29. The van der Waals surface area contributed by atoms with Crippen LogP contribution >= 0.6 is 0 Å². The lowest BCUT2D eigenvalue weighted by atomic mass is 10.0. The van der Waals surface area contributed by atoms with Gasteiger partial charge in [0.05, 0.1) is 0 Å². The van der Waals surface area contributed by atoms with E-state index in [0.717, 1.165) is 11.3 Å². The van der Waals surface area contributed by atoms with Gasteiger partial charge in [0.15, 0.2) is 0 Å². The Balaban J connectivity index is 2.02. The minimum atomic E-state index is -0.200. The van der Waals surface area contributed by atoms with Crippen molar-refractivity contribution >= 4 is 5.91 Å². The molecule has 0 aromatic heterocycles. The molecule has 0 saturated heterocycles. The lowest BCUT2D eigenvalue weighted by molar-refractivity contribution is -0.122. The van der Waals surface area contributed by atoms with Crippen LogP contribution in [0.5, 0.6) is 5.75 Å². The van der Waals surface area contributed by atoms with Crippen molar-refractivity contribution < 1.29 is 9.53 Å². The molecule has 1 N–H and O–H groups in total. The topological polar surface area (TPSA) is 38.3 Å². The first-order chi connectivity index (χ1) is 7.83. The third kappa shape index (κ3) is 2.01. The summed E-state index contributed by atoms with van der Waals surface area (Å²) in [5.74, 6) is 3.08. The van der Waals surface area contributed by atoms with Crippen LogP contribution < -0.4 is 10.1 Å². The van der Waals surface area contributed by atoms with Gasteiger partial charge in [-0.15, -0.1) is 12.3 Å². The Hall–Kier alpha value is -1.95. The van der Waals surface area contributed by atoms with Gasteiger partial charge in [0.1, 0.15) is 18.3 Å². The van der Waals surface area contributed by atoms with Gasteiger partial charge in [0.25, 0.3) is 0 Å². The molecular formula is C13H13NO2. The Kier molecular flexibility index (Phi) is 3.11. The predicted octanol–water partition coefficient (Wildman–Crippen LogP) is 1.30. The van der Waals surface area contributed by atoms with E-state index in [-0.39, 0.29) is 11.8 Å². The monoisotopic (exact) mass is 215 g/mol. The molecule has 1 aliphatic heterocycles. The zero-order valence-electron chi connectivity index (χ0n) is 8.90. The lowest BCUT2D eigenvalue weighted by Crippen LogP contribution is -2.30. The van der Waals surface area contributed by atoms with Crippen LogP contribution in [0.25, 0.3) is 0 Å². The largest absolute Gasteiger partial charge is 0.492 e. The van der Waals surface area contributed by atoms with E-state index in [1.54, 1.807) is 0 Å². The Morgan fingerprint density at radius 2 is 2.38 bits per heavy atom. The maximum atomic E-state index is 11.8. The summed E-state index contributed by atoms with van der Waals surface area (Å²) in [4.78, 5) is 11.8. The second-order valence-electron chi connectivity index (χ2n) is 3.65. The fourth-order valence-corrected chi connectivity index (χ4v) is 1.76. The van der Waals surface area contributed by atoms with Crippen LogP contribution in [0.4, 0.5) is 0 Å². The molecule has 82 valence electrons. The maximum Gasteiger partial charge on any atom is 0.231 e. The van der Waals surface area contributed by atoms with Crippen molar-refractivity contribution in [2.75, 3.05) is 13.2 Å². The second kappa shape index (κ2) is 4.71. The standard InChI is InChI=1S/C13H13NO2/c1-2-3-8-14-13(15)11-9-16-12-7-5-4-6-10(11)12/h1,4-7,11H,3,8-9H2,(H,14,15). The van der Waals surface area contributed by atoms with Gasteiger partial charge in [-0.1, -0.05) is 18.2 Å². The first-order valence-corrected chi connectivity index (χ1v) is 5.26. The second-order valence-corrected chi connectivity index (χ2v) is 3.65. The predicted molar refractivity (Wildman–Crippen MR) is 61.1 cm³/mol. The summed E-state index contributed by atoms with van der Waals surface area (Å²) in [6, 6.07) is 7.62. The molecule has 1 aliphatic rings. The van der Waals surface area contributed by atoms with Gasteiger partial charge >= 0.3 is 0 Å². The number of hydrogen-bond acceptors (Lipinski definition) is 2. The van der Waals surface area contributed by atoms with E-state index in [1.807, 2.05) is 24.3 Å². The molecule has 2 rings (SSSR count). The van der Waals surface area contributed by atoms with Gasteiger partial charge in [0, 0.05) is 18.5 Å². The van der Waals surface area contributed by atoms with Crippen molar-refractivity contribution in [3.05, 3.63) is 29.8 Å². The average Bonchev–Trinajstić information content (AvgIpc) is 2.73. The van der Waals surface area contributed by atoms with Crippen LogP contribution in [0.15, 0.2) is 24.3 Å². The molecule has 1 unspecified atom stereocenters. The summed E-state index contributed by atoms with van der Waals surface area (Å²) in [5, 5.41) is 2.80. The van der Waals surface area contributed by atoms with Crippen molar-refractivity contribution in [3.63, 3.8) is 0 Å². The minimum absolute atomic E-state index is 0.0137. The molecule has 1 aromatic rings. The summed E-state index contributed by atoms with van der Waals surface area (Å²) < 4.78 is 5.44. The van der Waals surface area contributed by atoms with Crippen molar-refractivity contribution in [2.24, 2.45) is 0 Å². The smallest absolute Gasteiger partial charge is 0.231 e. The fraction of sp³-hybridized carbons (Fsp3) is 0.308. The number of carbonyl (C=O) groups excluding carboxylic acids is 1. The number of fused-ring (bicyclic) bond motifs is 1. The SMILES string of the molecule is C#CCCNC(=O)C1COc2ccccc21. The van der Waals surface area contributed by atoms with Crippen molar-refractivity contribution in [1.29, 1.82) is 0 Å². The van der Waals surface area contributed by atoms with E-state index < -0.39 is 0 Å². The number of hydrogen-bond donors (Lipinski definition) is 1. The first kappa shape index (κ1) is 10.6. The summed E-state index contributed by atoms with van der Waals surface area (Å²) in [6.07, 6.45) is 5.68. The molecule has 1 aromatic carbocycles. The van der Waals surface area contributed by atoms with Gasteiger partial charge in [-0.3, -0.25) is 4.79 Å². The molecule has 1 amide bonds. The van der Waals surface area contributed by atoms with E-state index in [4.69, 9.17) is 11.2 Å². The molecule has 0 bridgehead atoms. The number of para-hydroxylation sites is 1. The van der Waals surface area contributed by atoms with Crippen LogP contribution in [-0.2, 0) is 4.79 Å². The van der Waals surface area contributed by atoms with Gasteiger partial charge in [-0.25, -0.2) is 0 Å². The molecule has 0 aliphatic carbocycles. The van der Waals surface area contributed by atoms with Gasteiger partial charge in [-0.2, -0.15) is 0 Å². The number of ether oxygens (including phenoxy) is 1. The zero-order chi connectivity index (χ0) is 11.4. The lowest BCUT2D eigenvalue weighted by Gasteiger charge is -2.08. The summed E-state index contributed by atoms with van der Waals surface area (Å²) in [6.45, 7) is 0.940. The molecule has 16 heavy (non-hydrogen) atoms. The van der Waals surface area contributed by atoms with Crippen LogP contribution in [0.1, 0.15) is 17.9 Å². The molecule has 1 heterocycles. The number of amides is 1. The number of benzene rings is 1. The van der Waals surface area contributed by atoms with Gasteiger partial charge in [0.2, 0.25) is 5.91 Å². The normalized spacial score (nSPS) is 17.1. The Bertz CT molecular complexity index is 434. The minimum Gasteiger partial charge on any atom is -0.492 e. The number of terminal acetylenes is 1. The Morgan fingerprint density at radius 3 is 3.19 bits per heavy atom. The molecular weight excluding hydrogens is 202 g/mol. The van der Waals surface area contributed by atoms with Crippen LogP contribution in [0, 0.1) is 12.3 Å². The molecule has 0 spiro atoms. The summed E-state index contributed by atoms with van der Waals surface area (Å²) in [5.41, 5.74) is 0.959. The number of nitrogens with one attached hydrogen (secondary N) is 1. The fourth-order valence-electron chi connectivity index (χ4n) is 1.76. The van der Waals surface area contributed by atoms with Crippen molar-refractivity contribution in [1.82, 2.24) is 5.32 Å². The van der Waals surface area contributed by atoms with Crippen LogP contribution in [-0.4, -0.2) is 19.1 Å². The molecule has 1 atom stereocenters. The highest BCUT2D eigenvalue weighted by Crippen LogP contribution is 2.33. The highest BCUT2D eigenvalue weighted by molar-refractivity contribution is 5.85. The van der Waals surface area contributed by atoms with Gasteiger partial charge in [-0.05, 0) is 6.07 Å². The number of carbonyl (C=O) groups is 1. The molecule has 0 fully saturated rings. The average molecular weight is 215 g/mol. The summed E-state index contributed by atoms with van der Waals surface area (Å²) >= 11 is 0. The van der Waals surface area contributed by atoms with Crippen molar-refractivity contribution in [2.45, 2.75) is 12.3 Å². The third-order valence-electron chi connectivity index (χ3n) is 2.58. The third-order valence-corrected chi connectivity index (χ3v) is 2.58. The Labute approximate surface area is 94.8 Å². The van der Waals surface area contributed by atoms with E-state index in [0.29, 0.717) is 19.6 Å². The van der Waals surface area contributed by atoms with Crippen molar-refractivity contribution in [3.8, 4) is 18.1 Å². The van der Waals surface area contributed by atoms with Crippen LogP contribution in [0.3, 0.4) is 0 Å². The van der Waals surface area contributed by atoms with E-state index >= 15 is 0 Å². The molecule has 3 nitrogen and oxygen atoms in total. The zero-order valence-corrected chi connectivity index (χ0v) is 8.90. The molecule has 0 saturated carbocycles. The molecule has 0 radical (unpaired) electrons. The van der Waals surface area contributed by atoms with Gasteiger partial charge < -0.3 is 10.1 Å². The quantitative estimate of drug-likeness (QED) is 0.609. The van der Waals surface area contributed by atoms with E-state index in [1.165, 1.54) is 0 Å². The van der Waals surface area contributed by atoms with Crippen LogP contribution in [0.2, 0.25) is 0 Å². The number of rotatable bonds is 3. The highest BCUT2D eigenvalue weighted by atomic mass is 16.5. The van der Waals surface area contributed by atoms with E-state index in [9.17, 15) is 4.79 Å². The Morgan fingerprint density at radius 1 is 1.56 bits per heavy atom. The maximum absolute atomic E-state index is 11.8. The van der Waals surface area contributed by atoms with E-state index in [2.05, 4.69) is 11.2 Å². The molecule has 3 heteroatoms.